The lowest BCUT2D eigenvalue weighted by molar-refractivity contribution is -0.135. The van der Waals surface area contributed by atoms with Gasteiger partial charge in [0.05, 0.1) is 0 Å². The quantitative estimate of drug-likeness (QED) is 0.708. The van der Waals surface area contributed by atoms with E-state index >= 15 is 0 Å². The summed E-state index contributed by atoms with van der Waals surface area (Å²) in [5.41, 5.74) is 0. The predicted octanol–water partition coefficient (Wildman–Crippen LogP) is 3.89. The zero-order chi connectivity index (χ0) is 12.2. The van der Waals surface area contributed by atoms with Gasteiger partial charge in [-0.05, 0) is 39.0 Å². The third kappa shape index (κ3) is 7.09. The van der Waals surface area contributed by atoms with Crippen molar-refractivity contribution in [3.63, 3.8) is 0 Å². The molecule has 0 aliphatic heterocycles. The van der Waals surface area contributed by atoms with E-state index in [4.69, 9.17) is 0 Å². The first-order chi connectivity index (χ1) is 7.37. The minimum atomic E-state index is -4.00. The van der Waals surface area contributed by atoms with Crippen LogP contribution < -0.4 is 5.32 Å². The average Bonchev–Trinajstić information content (AvgIpc) is 2.84. The molecule has 1 saturated carbocycles. The first-order valence-corrected chi connectivity index (χ1v) is 6.19. The summed E-state index contributed by atoms with van der Waals surface area (Å²) >= 11 is 0. The molecule has 4 heteroatoms. The second-order valence-corrected chi connectivity index (χ2v) is 5.16. The van der Waals surface area contributed by atoms with Gasteiger partial charge in [0.1, 0.15) is 0 Å². The average molecular weight is 237 g/mol. The van der Waals surface area contributed by atoms with E-state index in [1.54, 1.807) is 0 Å². The molecule has 0 bridgehead atoms. The van der Waals surface area contributed by atoms with Gasteiger partial charge < -0.3 is 5.32 Å². The highest BCUT2D eigenvalue weighted by Crippen LogP contribution is 2.33. The molecule has 0 heterocycles. The Kier molecular flexibility index (Phi) is 5.09. The highest BCUT2D eigenvalue weighted by Gasteiger charge is 2.27. The lowest BCUT2D eigenvalue weighted by Gasteiger charge is -2.20. The molecule has 0 aromatic heterocycles. The molecule has 1 nitrogen and oxygen atoms in total. The zero-order valence-corrected chi connectivity index (χ0v) is 10.1. The molecular weight excluding hydrogens is 215 g/mol. The van der Waals surface area contributed by atoms with Crippen LogP contribution >= 0.6 is 0 Å². The lowest BCUT2D eigenvalue weighted by Crippen LogP contribution is -2.34. The fraction of sp³-hybridized carbons (Fsp3) is 1.00. The van der Waals surface area contributed by atoms with Crippen molar-refractivity contribution < 1.29 is 13.2 Å². The van der Waals surface area contributed by atoms with Crippen molar-refractivity contribution in [1.29, 1.82) is 0 Å². The third-order valence-corrected chi connectivity index (χ3v) is 3.05. The van der Waals surface area contributed by atoms with Gasteiger partial charge >= 0.3 is 6.18 Å². The first kappa shape index (κ1) is 13.8. The van der Waals surface area contributed by atoms with Crippen LogP contribution in [0.5, 0.6) is 0 Å². The summed E-state index contributed by atoms with van der Waals surface area (Å²) < 4.78 is 35.8. The van der Waals surface area contributed by atoms with Crippen molar-refractivity contribution in [2.45, 2.75) is 70.6 Å². The van der Waals surface area contributed by atoms with Crippen LogP contribution in [0, 0.1) is 5.92 Å². The van der Waals surface area contributed by atoms with Gasteiger partial charge in [0.15, 0.2) is 0 Å². The molecule has 1 rings (SSSR count). The summed E-state index contributed by atoms with van der Waals surface area (Å²) in [6.45, 7) is 4.10. The number of halogens is 3. The topological polar surface area (TPSA) is 12.0 Å². The molecule has 2 atom stereocenters. The molecule has 0 amide bonds. The van der Waals surface area contributed by atoms with E-state index in [0.717, 1.165) is 5.92 Å². The Morgan fingerprint density at radius 1 is 1.19 bits per heavy atom. The Bertz CT molecular complexity index is 199. The van der Waals surface area contributed by atoms with E-state index in [0.29, 0.717) is 12.5 Å². The summed E-state index contributed by atoms with van der Waals surface area (Å²) in [5, 5.41) is 3.37. The van der Waals surface area contributed by atoms with Crippen molar-refractivity contribution in [2.75, 3.05) is 0 Å². The molecular formula is C12H22F3N. The van der Waals surface area contributed by atoms with Gasteiger partial charge in [0.25, 0.3) is 0 Å². The second-order valence-electron chi connectivity index (χ2n) is 5.16. The maximum absolute atomic E-state index is 11.9. The number of nitrogens with one attached hydrogen (secondary N) is 1. The van der Waals surface area contributed by atoms with Crippen molar-refractivity contribution in [3.05, 3.63) is 0 Å². The lowest BCUT2D eigenvalue weighted by atomic mass is 10.1. The SMILES string of the molecule is CC(CCCC(F)(F)F)NC(C)CC1CC1. The van der Waals surface area contributed by atoms with Gasteiger partial charge in [-0.2, -0.15) is 13.2 Å². The maximum atomic E-state index is 11.9. The normalized spacial score (nSPS) is 20.8. The van der Waals surface area contributed by atoms with Crippen LogP contribution in [0.4, 0.5) is 13.2 Å². The third-order valence-electron chi connectivity index (χ3n) is 3.05. The van der Waals surface area contributed by atoms with Gasteiger partial charge in [-0.25, -0.2) is 0 Å². The molecule has 1 aliphatic rings. The monoisotopic (exact) mass is 237 g/mol. The summed E-state index contributed by atoms with van der Waals surface area (Å²) in [4.78, 5) is 0. The second kappa shape index (κ2) is 5.89. The summed E-state index contributed by atoms with van der Waals surface area (Å²) in [7, 11) is 0. The van der Waals surface area contributed by atoms with E-state index in [2.05, 4.69) is 12.2 Å². The molecule has 1 N–H and O–H groups in total. The molecule has 0 aromatic rings. The Morgan fingerprint density at radius 3 is 2.31 bits per heavy atom. The molecule has 0 spiro atoms. The minimum absolute atomic E-state index is 0.191. The minimum Gasteiger partial charge on any atom is -0.312 e. The van der Waals surface area contributed by atoms with E-state index in [-0.39, 0.29) is 12.5 Å². The molecule has 0 aromatic carbocycles. The molecule has 2 unspecified atom stereocenters. The van der Waals surface area contributed by atoms with E-state index in [9.17, 15) is 13.2 Å². The highest BCUT2D eigenvalue weighted by molar-refractivity contribution is 4.79. The molecule has 1 fully saturated rings. The summed E-state index contributed by atoms with van der Waals surface area (Å²) in [6, 6.07) is 0.629. The number of rotatable bonds is 7. The van der Waals surface area contributed by atoms with Crippen LogP contribution in [-0.4, -0.2) is 18.3 Å². The van der Waals surface area contributed by atoms with Gasteiger partial charge in [-0.1, -0.05) is 12.8 Å². The van der Waals surface area contributed by atoms with Gasteiger partial charge in [0, 0.05) is 18.5 Å². The molecule has 0 radical (unpaired) electrons. The van der Waals surface area contributed by atoms with Gasteiger partial charge in [-0.15, -0.1) is 0 Å². The van der Waals surface area contributed by atoms with E-state index < -0.39 is 12.6 Å². The number of hydrogen-bond acceptors (Lipinski definition) is 1. The largest absolute Gasteiger partial charge is 0.389 e. The van der Waals surface area contributed by atoms with Gasteiger partial charge in [-0.3, -0.25) is 0 Å². The Morgan fingerprint density at radius 2 is 1.81 bits per heavy atom. The molecule has 1 aliphatic carbocycles. The first-order valence-electron chi connectivity index (χ1n) is 6.19. The molecule has 0 saturated heterocycles. The number of hydrogen-bond donors (Lipinski definition) is 1. The Hall–Kier alpha value is -0.250. The molecule has 96 valence electrons. The fourth-order valence-corrected chi connectivity index (χ4v) is 2.10. The standard InChI is InChI=1S/C12H22F3N/c1-9(4-3-7-12(13,14)15)16-10(2)8-11-5-6-11/h9-11,16H,3-8H2,1-2H3. The van der Waals surface area contributed by atoms with Crippen LogP contribution in [0.1, 0.15) is 52.4 Å². The van der Waals surface area contributed by atoms with Crippen molar-refractivity contribution in [3.8, 4) is 0 Å². The van der Waals surface area contributed by atoms with E-state index in [1.807, 2.05) is 6.92 Å². The van der Waals surface area contributed by atoms with Crippen molar-refractivity contribution in [2.24, 2.45) is 5.92 Å². The Labute approximate surface area is 95.8 Å². The Balaban J connectivity index is 2.02. The van der Waals surface area contributed by atoms with Gasteiger partial charge in [0.2, 0.25) is 0 Å². The predicted molar refractivity (Wildman–Crippen MR) is 59.3 cm³/mol. The van der Waals surface area contributed by atoms with Crippen LogP contribution in [0.3, 0.4) is 0 Å². The van der Waals surface area contributed by atoms with Crippen molar-refractivity contribution in [1.82, 2.24) is 5.32 Å². The smallest absolute Gasteiger partial charge is 0.312 e. The highest BCUT2D eigenvalue weighted by atomic mass is 19.4. The van der Waals surface area contributed by atoms with Crippen LogP contribution in [0.15, 0.2) is 0 Å². The van der Waals surface area contributed by atoms with Crippen LogP contribution in [0.2, 0.25) is 0 Å². The fourth-order valence-electron chi connectivity index (χ4n) is 2.10. The summed E-state index contributed by atoms with van der Waals surface area (Å²) in [5.74, 6) is 0.866. The maximum Gasteiger partial charge on any atom is 0.389 e. The van der Waals surface area contributed by atoms with Crippen LogP contribution in [-0.2, 0) is 0 Å². The van der Waals surface area contributed by atoms with E-state index in [1.165, 1.54) is 19.3 Å². The zero-order valence-electron chi connectivity index (χ0n) is 10.1. The number of alkyl halides is 3. The molecule has 16 heavy (non-hydrogen) atoms. The van der Waals surface area contributed by atoms with Crippen LogP contribution in [0.25, 0.3) is 0 Å². The summed E-state index contributed by atoms with van der Waals surface area (Å²) in [6.07, 6.45) is 0.00423. The van der Waals surface area contributed by atoms with Crippen molar-refractivity contribution >= 4 is 0 Å².